The fourth-order valence-corrected chi connectivity index (χ4v) is 2.20. The molecule has 3 rings (SSSR count). The van der Waals surface area contributed by atoms with E-state index in [1.165, 1.54) is 12.1 Å². The van der Waals surface area contributed by atoms with Crippen LogP contribution in [0.15, 0.2) is 23.0 Å². The van der Waals surface area contributed by atoms with Crippen LogP contribution >= 0.6 is 0 Å². The van der Waals surface area contributed by atoms with Crippen LogP contribution in [0.25, 0.3) is 10.9 Å². The number of hydrogen-bond donors (Lipinski definition) is 1. The van der Waals surface area contributed by atoms with Crippen LogP contribution in [0.3, 0.4) is 0 Å². The molecular formula is C15H15N3O3. The largest absolute Gasteiger partial charge is 0.398 e. The highest BCUT2D eigenvalue weighted by molar-refractivity contribution is 6.03. The first kappa shape index (κ1) is 8.07. The molecular weight excluding hydrogens is 270 g/mol. The second-order valence-corrected chi connectivity index (χ2v) is 4.55. The third-order valence-corrected chi connectivity index (χ3v) is 3.17. The molecule has 1 aromatic carbocycles. The average molecular weight is 291 g/mol. The van der Waals surface area contributed by atoms with Crippen LogP contribution in [0.4, 0.5) is 5.69 Å². The van der Waals surface area contributed by atoms with Gasteiger partial charge in [0.1, 0.15) is 11.6 Å². The Hall–Kier alpha value is -2.50. The van der Waals surface area contributed by atoms with E-state index in [-0.39, 0.29) is 22.6 Å². The monoisotopic (exact) mass is 291 g/mol. The van der Waals surface area contributed by atoms with Crippen LogP contribution in [-0.4, -0.2) is 21.1 Å². The lowest BCUT2D eigenvalue weighted by atomic mass is 9.92. The molecule has 0 amide bonds. The molecule has 2 N–H and O–H groups in total. The van der Waals surface area contributed by atoms with E-state index in [2.05, 4.69) is 4.98 Å². The van der Waals surface area contributed by atoms with E-state index in [9.17, 15) is 14.4 Å². The minimum absolute atomic E-state index is 0.0859. The number of aryl methyl sites for hydroxylation is 1. The third-order valence-electron chi connectivity index (χ3n) is 3.17. The number of nitrogen functional groups attached to an aromatic ring is 1. The van der Waals surface area contributed by atoms with E-state index >= 15 is 0 Å². The van der Waals surface area contributed by atoms with Gasteiger partial charge in [0.25, 0.3) is 5.56 Å². The van der Waals surface area contributed by atoms with Crippen LogP contribution < -0.4 is 11.3 Å². The second-order valence-electron chi connectivity index (χ2n) is 4.55. The molecule has 2 aromatic rings. The number of carbonyl (C=O) groups excluding carboxylic acids is 2. The Morgan fingerprint density at radius 1 is 1.57 bits per heavy atom. The minimum Gasteiger partial charge on any atom is -0.398 e. The van der Waals surface area contributed by atoms with Gasteiger partial charge in [0.05, 0.1) is 26.1 Å². The van der Waals surface area contributed by atoms with Crippen LogP contribution in [0, 0.1) is 6.88 Å². The highest BCUT2D eigenvalue weighted by Crippen LogP contribution is 2.24. The number of rotatable bonds is 1. The van der Waals surface area contributed by atoms with E-state index in [1.54, 1.807) is 0 Å². The van der Waals surface area contributed by atoms with Gasteiger partial charge >= 0.3 is 0 Å². The van der Waals surface area contributed by atoms with E-state index in [0.717, 1.165) is 0 Å². The van der Waals surface area contributed by atoms with Gasteiger partial charge < -0.3 is 5.73 Å². The number of ketones is 2. The van der Waals surface area contributed by atoms with Crippen molar-refractivity contribution in [1.29, 1.82) is 0 Å². The topological polar surface area (TPSA) is 95.0 Å². The Morgan fingerprint density at radius 2 is 2.38 bits per heavy atom. The summed E-state index contributed by atoms with van der Waals surface area (Å²) in [5.41, 5.74) is 4.46. The molecule has 3 atom stereocenters. The first-order valence-electron chi connectivity index (χ1n) is 9.40. The lowest BCUT2D eigenvalue weighted by molar-refractivity contribution is -0.132. The lowest BCUT2D eigenvalue weighted by Crippen LogP contribution is -2.36. The normalized spacial score (nSPS) is 34.0. The van der Waals surface area contributed by atoms with Crippen LogP contribution in [-0.2, 0) is 9.59 Å². The van der Waals surface area contributed by atoms with Crippen molar-refractivity contribution in [3.05, 3.63) is 34.4 Å². The van der Waals surface area contributed by atoms with E-state index in [4.69, 9.17) is 14.0 Å². The van der Waals surface area contributed by atoms with Gasteiger partial charge in [-0.15, -0.1) is 0 Å². The van der Waals surface area contributed by atoms with Crippen LogP contribution in [0.2, 0.25) is 0 Å². The van der Waals surface area contributed by atoms with E-state index < -0.39 is 55.1 Å². The van der Waals surface area contributed by atoms with Gasteiger partial charge in [-0.3, -0.25) is 19.0 Å². The van der Waals surface area contributed by atoms with Gasteiger partial charge in [-0.2, -0.15) is 0 Å². The molecule has 0 saturated heterocycles. The smallest absolute Gasteiger partial charge is 0.264 e. The molecule has 0 spiro atoms. The molecule has 108 valence electrons. The number of carbonyl (C=O) groups is 2. The number of nitrogens with two attached hydrogens (primary N) is 1. The lowest BCUT2D eigenvalue weighted by Gasteiger charge is -2.24. The van der Waals surface area contributed by atoms with Gasteiger partial charge in [-0.05, 0) is 25.4 Å². The van der Waals surface area contributed by atoms with Crippen molar-refractivity contribution in [2.24, 2.45) is 0 Å². The molecule has 0 aliphatic heterocycles. The summed E-state index contributed by atoms with van der Waals surface area (Å²) in [6.45, 7) is -1.92. The number of nitrogens with zero attached hydrogens (tertiary/aromatic N) is 2. The summed E-state index contributed by atoms with van der Waals surface area (Å²) in [4.78, 5) is 41.3. The van der Waals surface area contributed by atoms with Crippen molar-refractivity contribution in [3.63, 3.8) is 0 Å². The summed E-state index contributed by atoms with van der Waals surface area (Å²) in [5, 5.41) is -0.281. The molecule has 21 heavy (non-hydrogen) atoms. The standard InChI is InChI=1S/C15H15N3O3/c1-8-17-11-4-2-3-10(16)14(11)15(21)18(8)12-6-5-9(19)7-13(12)20/h2-4,12H,5-7,16H2,1H3/i1D2,4D,5D,6D,12D. The van der Waals surface area contributed by atoms with Crippen molar-refractivity contribution >= 4 is 28.2 Å². The summed E-state index contributed by atoms with van der Waals surface area (Å²) in [5.74, 6) is -2.57. The Kier molecular flexibility index (Phi) is 1.84. The number of hydrogen-bond acceptors (Lipinski definition) is 5. The summed E-state index contributed by atoms with van der Waals surface area (Å²) < 4.78 is 48.0. The van der Waals surface area contributed by atoms with Crippen molar-refractivity contribution in [3.8, 4) is 0 Å². The molecule has 1 saturated carbocycles. The Bertz CT molecular complexity index is 1040. The Balaban J connectivity index is 2.47. The quantitative estimate of drug-likeness (QED) is 0.628. The van der Waals surface area contributed by atoms with E-state index in [1.807, 2.05) is 0 Å². The van der Waals surface area contributed by atoms with Gasteiger partial charge in [-0.1, -0.05) is 6.07 Å². The number of anilines is 1. The zero-order valence-electron chi connectivity index (χ0n) is 16.8. The van der Waals surface area contributed by atoms with Crippen molar-refractivity contribution in [2.75, 3.05) is 5.73 Å². The first-order valence-corrected chi connectivity index (χ1v) is 6.09. The number of fused-ring (bicyclic) bond motifs is 1. The molecule has 1 fully saturated rings. The maximum atomic E-state index is 13.1. The van der Waals surface area contributed by atoms with E-state index in [0.29, 0.717) is 4.57 Å². The second kappa shape index (κ2) is 4.80. The minimum atomic E-state index is -2.71. The Labute approximate surface area is 129 Å². The van der Waals surface area contributed by atoms with Gasteiger partial charge in [0.2, 0.25) is 0 Å². The maximum Gasteiger partial charge on any atom is 0.264 e. The maximum absolute atomic E-state index is 13.1. The molecule has 1 heterocycles. The zero-order chi connectivity index (χ0) is 20.3. The summed E-state index contributed by atoms with van der Waals surface area (Å²) in [6, 6.07) is -0.367. The molecule has 6 nitrogen and oxygen atoms in total. The molecule has 1 aliphatic carbocycles. The van der Waals surface area contributed by atoms with Crippen LogP contribution in [0.5, 0.6) is 0 Å². The molecule has 0 radical (unpaired) electrons. The first-order chi connectivity index (χ1) is 12.5. The highest BCUT2D eigenvalue weighted by Gasteiger charge is 2.30. The van der Waals surface area contributed by atoms with Crippen LogP contribution in [0.1, 0.15) is 39.3 Å². The van der Waals surface area contributed by atoms with Gasteiger partial charge in [-0.25, -0.2) is 4.98 Å². The molecule has 0 bridgehead atoms. The van der Waals surface area contributed by atoms with Gasteiger partial charge in [0.15, 0.2) is 5.78 Å². The number of Topliss-reactive ketones (excluding diaryl/α,β-unsaturated/α-hetero) is 2. The zero-order valence-corrected chi connectivity index (χ0v) is 10.8. The molecule has 1 aromatic heterocycles. The van der Waals surface area contributed by atoms with Crippen molar-refractivity contribution in [2.45, 2.75) is 32.1 Å². The molecule has 6 heteroatoms. The van der Waals surface area contributed by atoms with Gasteiger partial charge in [0, 0.05) is 17.6 Å². The predicted molar refractivity (Wildman–Crippen MR) is 78.1 cm³/mol. The summed E-state index contributed by atoms with van der Waals surface area (Å²) in [6.07, 6.45) is -4.52. The fourth-order valence-electron chi connectivity index (χ4n) is 2.20. The third kappa shape index (κ3) is 2.12. The summed E-state index contributed by atoms with van der Waals surface area (Å²) in [7, 11) is 0. The average Bonchev–Trinajstić information content (AvgIpc) is 2.60. The number of aromatic nitrogens is 2. The fraction of sp³-hybridized carbons (Fsp3) is 0.333. The van der Waals surface area contributed by atoms with Crippen molar-refractivity contribution < 1.29 is 17.8 Å². The SMILES string of the molecule is [2H]c1ccc(N)c2c(=O)n(C3([2H])C(=O)CC(=O)C([2H])C3[2H])c(C([2H])[2H])nc12. The molecule has 1 aliphatic rings. The number of benzene rings is 1. The highest BCUT2D eigenvalue weighted by atomic mass is 16.2. The predicted octanol–water partition coefficient (Wildman–Crippen LogP) is 1.15. The molecule has 3 unspecified atom stereocenters. The van der Waals surface area contributed by atoms with Crippen molar-refractivity contribution in [1.82, 2.24) is 9.55 Å². The Morgan fingerprint density at radius 3 is 3.14 bits per heavy atom. The summed E-state index contributed by atoms with van der Waals surface area (Å²) >= 11 is 0.